The van der Waals surface area contributed by atoms with E-state index in [0.717, 1.165) is 21.6 Å². The number of nitrogens with zero attached hydrogens (tertiary/aromatic N) is 1. The second kappa shape index (κ2) is 4.70. The molecule has 2 aromatic rings. The summed E-state index contributed by atoms with van der Waals surface area (Å²) in [4.78, 5) is 4.23. The van der Waals surface area contributed by atoms with Crippen LogP contribution in [0, 0.1) is 6.92 Å². The number of hydrogen-bond donors (Lipinski definition) is 1. The highest BCUT2D eigenvalue weighted by atomic mass is 79.9. The van der Waals surface area contributed by atoms with E-state index in [0.29, 0.717) is 0 Å². The van der Waals surface area contributed by atoms with Crippen LogP contribution in [0.15, 0.2) is 39.5 Å². The van der Waals surface area contributed by atoms with Crippen LogP contribution < -0.4 is 5.32 Å². The van der Waals surface area contributed by atoms with Gasteiger partial charge in [0, 0.05) is 5.69 Å². The van der Waals surface area contributed by atoms with Gasteiger partial charge in [0.1, 0.15) is 5.76 Å². The predicted molar refractivity (Wildman–Crippen MR) is 67.4 cm³/mol. The molecule has 0 spiro atoms. The fourth-order valence-electron chi connectivity index (χ4n) is 1.48. The molecule has 2 heterocycles. The zero-order valence-electron chi connectivity index (χ0n) is 9.20. The largest absolute Gasteiger partial charge is 0.466 e. The van der Waals surface area contributed by atoms with Crippen molar-refractivity contribution in [1.29, 1.82) is 0 Å². The lowest BCUT2D eigenvalue weighted by Crippen LogP contribution is -2.06. The number of hydrogen-bond acceptors (Lipinski definition) is 3. The molecule has 0 radical (unpaired) electrons. The number of halogens is 1. The smallest absolute Gasteiger partial charge is 0.139 e. The third kappa shape index (κ3) is 2.44. The molecule has 3 nitrogen and oxygen atoms in total. The highest BCUT2D eigenvalue weighted by Crippen LogP contribution is 2.26. The van der Waals surface area contributed by atoms with Gasteiger partial charge in [0.15, 0.2) is 0 Å². The minimum atomic E-state index is 0.105. The lowest BCUT2D eigenvalue weighted by Gasteiger charge is -2.13. The maximum absolute atomic E-state index is 5.39. The Labute approximate surface area is 103 Å². The summed E-state index contributed by atoms with van der Waals surface area (Å²) < 4.78 is 6.37. The van der Waals surface area contributed by atoms with Crippen LogP contribution in [-0.4, -0.2) is 4.98 Å². The van der Waals surface area contributed by atoms with E-state index in [1.54, 1.807) is 6.26 Å². The molecular weight excluding hydrogens is 268 g/mol. The van der Waals surface area contributed by atoms with Crippen LogP contribution in [-0.2, 0) is 0 Å². The average molecular weight is 281 g/mol. The van der Waals surface area contributed by atoms with Gasteiger partial charge in [-0.05, 0) is 48.0 Å². The minimum Gasteiger partial charge on any atom is -0.466 e. The number of rotatable bonds is 3. The van der Waals surface area contributed by atoms with Crippen molar-refractivity contribution < 1.29 is 4.42 Å². The zero-order valence-corrected chi connectivity index (χ0v) is 10.8. The number of pyridine rings is 1. The van der Waals surface area contributed by atoms with Crippen LogP contribution in [0.5, 0.6) is 0 Å². The topological polar surface area (TPSA) is 38.1 Å². The molecule has 16 heavy (non-hydrogen) atoms. The summed E-state index contributed by atoms with van der Waals surface area (Å²) in [7, 11) is 0. The quantitative estimate of drug-likeness (QED) is 0.926. The molecule has 1 N–H and O–H groups in total. The van der Waals surface area contributed by atoms with Crippen molar-refractivity contribution >= 4 is 21.6 Å². The van der Waals surface area contributed by atoms with Gasteiger partial charge in [-0.2, -0.15) is 0 Å². The molecule has 4 heteroatoms. The number of aromatic nitrogens is 1. The van der Waals surface area contributed by atoms with Crippen LogP contribution in [0.25, 0.3) is 0 Å². The molecular formula is C12H13BrN2O. The van der Waals surface area contributed by atoms with Gasteiger partial charge in [-0.25, -0.2) is 0 Å². The number of anilines is 1. The molecule has 2 rings (SSSR count). The van der Waals surface area contributed by atoms with Gasteiger partial charge >= 0.3 is 0 Å². The Balaban J connectivity index is 2.10. The molecule has 0 fully saturated rings. The molecule has 1 atom stereocenters. The molecule has 2 aromatic heterocycles. The van der Waals surface area contributed by atoms with E-state index in [1.807, 2.05) is 38.2 Å². The predicted octanol–water partition coefficient (Wildman–Crippen LogP) is 3.92. The van der Waals surface area contributed by atoms with Crippen LogP contribution in [0.2, 0.25) is 0 Å². The Morgan fingerprint density at radius 3 is 2.75 bits per heavy atom. The van der Waals surface area contributed by atoms with E-state index in [1.165, 1.54) is 0 Å². The molecule has 1 unspecified atom stereocenters. The lowest BCUT2D eigenvalue weighted by molar-refractivity contribution is 0.488. The average Bonchev–Trinajstić information content (AvgIpc) is 2.68. The van der Waals surface area contributed by atoms with Crippen molar-refractivity contribution in [2.75, 3.05) is 5.32 Å². The molecule has 0 amide bonds. The minimum absolute atomic E-state index is 0.105. The van der Waals surface area contributed by atoms with E-state index in [2.05, 4.69) is 26.2 Å². The SMILES string of the molecule is Cc1ccc(NC(C)c2occc2Br)cn1. The molecule has 0 aliphatic heterocycles. The van der Waals surface area contributed by atoms with Gasteiger partial charge in [0.05, 0.1) is 28.7 Å². The first kappa shape index (κ1) is 11.2. The summed E-state index contributed by atoms with van der Waals surface area (Å²) in [6.45, 7) is 4.01. The number of furan rings is 1. The van der Waals surface area contributed by atoms with Crippen LogP contribution in [0.4, 0.5) is 5.69 Å². The Morgan fingerprint density at radius 2 is 2.19 bits per heavy atom. The van der Waals surface area contributed by atoms with Crippen molar-refractivity contribution in [3.8, 4) is 0 Å². The van der Waals surface area contributed by atoms with Crippen LogP contribution >= 0.6 is 15.9 Å². The van der Waals surface area contributed by atoms with Gasteiger partial charge in [-0.15, -0.1) is 0 Å². The van der Waals surface area contributed by atoms with Crippen molar-refractivity contribution in [2.45, 2.75) is 19.9 Å². The maximum Gasteiger partial charge on any atom is 0.139 e. The maximum atomic E-state index is 5.39. The van der Waals surface area contributed by atoms with Crippen molar-refractivity contribution in [2.24, 2.45) is 0 Å². The van der Waals surface area contributed by atoms with Gasteiger partial charge in [-0.1, -0.05) is 0 Å². The van der Waals surface area contributed by atoms with Crippen LogP contribution in [0.1, 0.15) is 24.4 Å². The highest BCUT2D eigenvalue weighted by molar-refractivity contribution is 9.10. The normalized spacial score (nSPS) is 12.4. The fourth-order valence-corrected chi connectivity index (χ4v) is 2.03. The summed E-state index contributed by atoms with van der Waals surface area (Å²) in [6, 6.07) is 5.98. The Morgan fingerprint density at radius 1 is 1.38 bits per heavy atom. The Kier molecular flexibility index (Phi) is 3.29. The van der Waals surface area contributed by atoms with E-state index in [9.17, 15) is 0 Å². The monoisotopic (exact) mass is 280 g/mol. The summed E-state index contributed by atoms with van der Waals surface area (Å²) in [5.74, 6) is 0.889. The van der Waals surface area contributed by atoms with Crippen molar-refractivity contribution in [1.82, 2.24) is 4.98 Å². The first-order chi connectivity index (χ1) is 7.66. The molecule has 0 saturated carbocycles. The van der Waals surface area contributed by atoms with Crippen molar-refractivity contribution in [3.63, 3.8) is 0 Å². The molecule has 0 aliphatic carbocycles. The Bertz CT molecular complexity index is 464. The molecule has 0 bridgehead atoms. The fraction of sp³-hybridized carbons (Fsp3) is 0.250. The first-order valence-electron chi connectivity index (χ1n) is 5.09. The van der Waals surface area contributed by atoms with Gasteiger partial charge in [-0.3, -0.25) is 4.98 Å². The third-order valence-electron chi connectivity index (χ3n) is 2.33. The second-order valence-corrected chi connectivity index (χ2v) is 4.54. The lowest BCUT2D eigenvalue weighted by atomic mass is 10.2. The van der Waals surface area contributed by atoms with E-state index in [-0.39, 0.29) is 6.04 Å². The van der Waals surface area contributed by atoms with Crippen LogP contribution in [0.3, 0.4) is 0 Å². The van der Waals surface area contributed by atoms with Gasteiger partial charge in [0.2, 0.25) is 0 Å². The first-order valence-corrected chi connectivity index (χ1v) is 5.88. The van der Waals surface area contributed by atoms with Gasteiger partial charge in [0.25, 0.3) is 0 Å². The summed E-state index contributed by atoms with van der Waals surface area (Å²) in [6.07, 6.45) is 3.49. The second-order valence-electron chi connectivity index (χ2n) is 3.69. The Hall–Kier alpha value is -1.29. The molecule has 0 saturated heterocycles. The van der Waals surface area contributed by atoms with E-state index in [4.69, 9.17) is 4.42 Å². The summed E-state index contributed by atoms with van der Waals surface area (Å²) in [5, 5.41) is 3.33. The standard InChI is InChI=1S/C12H13BrN2O/c1-8-3-4-10(7-14-8)15-9(2)12-11(13)5-6-16-12/h3-7,9,15H,1-2H3. The molecule has 0 aromatic carbocycles. The van der Waals surface area contributed by atoms with E-state index >= 15 is 0 Å². The number of aryl methyl sites for hydroxylation is 1. The summed E-state index contributed by atoms with van der Waals surface area (Å²) >= 11 is 3.44. The number of nitrogens with one attached hydrogen (secondary N) is 1. The van der Waals surface area contributed by atoms with E-state index < -0.39 is 0 Å². The van der Waals surface area contributed by atoms with Crippen molar-refractivity contribution in [3.05, 3.63) is 46.6 Å². The summed E-state index contributed by atoms with van der Waals surface area (Å²) in [5.41, 5.74) is 2.00. The third-order valence-corrected chi connectivity index (χ3v) is 2.99. The molecule has 0 aliphatic rings. The highest BCUT2D eigenvalue weighted by Gasteiger charge is 2.12. The molecule has 84 valence electrons. The zero-order chi connectivity index (χ0) is 11.5. The van der Waals surface area contributed by atoms with Gasteiger partial charge < -0.3 is 9.73 Å².